The van der Waals surface area contributed by atoms with Crippen LogP contribution in [0.1, 0.15) is 27.9 Å². The Bertz CT molecular complexity index is 778. The summed E-state index contributed by atoms with van der Waals surface area (Å²) in [6, 6.07) is 5.95. The molecule has 0 aliphatic carbocycles. The fraction of sp³-hybridized carbons (Fsp3) is 0.312. The smallest absolute Gasteiger partial charge is 0.413 e. The highest BCUT2D eigenvalue weighted by atomic mass is 32.1. The Hall–Kier alpha value is -2.48. The van der Waals surface area contributed by atoms with Gasteiger partial charge in [-0.25, -0.2) is 14.2 Å². The Kier molecular flexibility index (Phi) is 4.75. The molecule has 0 saturated carbocycles. The Labute approximate surface area is 142 Å². The van der Waals surface area contributed by atoms with Crippen molar-refractivity contribution in [1.82, 2.24) is 9.88 Å². The zero-order valence-corrected chi connectivity index (χ0v) is 13.9. The SMILES string of the molecule is CCOC(=O)Nc1nc2c(s1)CN(C(=O)c1ccccc1F)CC2. The van der Waals surface area contributed by atoms with Crippen LogP contribution in [0, 0.1) is 5.82 Å². The molecule has 1 aliphatic rings. The molecule has 0 unspecified atom stereocenters. The van der Waals surface area contributed by atoms with E-state index in [1.807, 2.05) is 0 Å². The molecular formula is C16H16FN3O3S. The van der Waals surface area contributed by atoms with Crippen LogP contribution in [0.4, 0.5) is 14.3 Å². The second kappa shape index (κ2) is 6.96. The van der Waals surface area contributed by atoms with E-state index < -0.39 is 11.9 Å². The molecule has 1 aromatic heterocycles. The van der Waals surface area contributed by atoms with Crippen LogP contribution in [0.3, 0.4) is 0 Å². The van der Waals surface area contributed by atoms with Crippen molar-refractivity contribution in [3.8, 4) is 0 Å². The van der Waals surface area contributed by atoms with Crippen LogP contribution in [0.15, 0.2) is 24.3 Å². The van der Waals surface area contributed by atoms with Gasteiger partial charge < -0.3 is 9.64 Å². The average molecular weight is 349 g/mol. The number of carbonyl (C=O) groups is 2. The van der Waals surface area contributed by atoms with Crippen LogP contribution in [-0.4, -0.2) is 35.0 Å². The van der Waals surface area contributed by atoms with Gasteiger partial charge in [-0.05, 0) is 19.1 Å². The lowest BCUT2D eigenvalue weighted by atomic mass is 10.1. The van der Waals surface area contributed by atoms with Crippen molar-refractivity contribution >= 4 is 28.5 Å². The van der Waals surface area contributed by atoms with Gasteiger partial charge >= 0.3 is 6.09 Å². The molecule has 0 bridgehead atoms. The van der Waals surface area contributed by atoms with Crippen LogP contribution in [0.5, 0.6) is 0 Å². The van der Waals surface area contributed by atoms with Crippen molar-refractivity contribution in [1.29, 1.82) is 0 Å². The van der Waals surface area contributed by atoms with Gasteiger partial charge in [-0.3, -0.25) is 10.1 Å². The number of nitrogens with one attached hydrogen (secondary N) is 1. The summed E-state index contributed by atoms with van der Waals surface area (Å²) >= 11 is 1.30. The molecule has 0 fully saturated rings. The molecule has 0 saturated heterocycles. The minimum Gasteiger partial charge on any atom is -0.450 e. The number of hydrogen-bond acceptors (Lipinski definition) is 5. The summed E-state index contributed by atoms with van der Waals surface area (Å²) < 4.78 is 18.6. The standard InChI is InChI=1S/C16H16FN3O3S/c1-2-23-16(22)19-15-18-12-7-8-20(9-13(12)24-15)14(21)10-5-3-4-6-11(10)17/h3-6H,2,7-9H2,1H3,(H,18,19,22). The zero-order chi connectivity index (χ0) is 17.1. The van der Waals surface area contributed by atoms with Crippen molar-refractivity contribution < 1.29 is 18.7 Å². The fourth-order valence-electron chi connectivity index (χ4n) is 2.48. The van der Waals surface area contributed by atoms with Crippen molar-refractivity contribution in [2.75, 3.05) is 18.5 Å². The van der Waals surface area contributed by atoms with E-state index in [-0.39, 0.29) is 18.1 Å². The minimum atomic E-state index is -0.553. The number of fused-ring (bicyclic) bond motifs is 1. The van der Waals surface area contributed by atoms with Gasteiger partial charge in [0.25, 0.3) is 5.91 Å². The van der Waals surface area contributed by atoms with Crippen LogP contribution in [0.25, 0.3) is 0 Å². The first-order valence-corrected chi connectivity index (χ1v) is 8.36. The number of benzene rings is 1. The van der Waals surface area contributed by atoms with Crippen LogP contribution >= 0.6 is 11.3 Å². The molecule has 8 heteroatoms. The van der Waals surface area contributed by atoms with Crippen LogP contribution in [-0.2, 0) is 17.7 Å². The molecule has 3 rings (SSSR count). The lowest BCUT2D eigenvalue weighted by Crippen LogP contribution is -2.35. The van der Waals surface area contributed by atoms with Gasteiger partial charge in [0, 0.05) is 17.8 Å². The number of halogens is 1. The molecule has 1 aliphatic heterocycles. The van der Waals surface area contributed by atoms with E-state index in [1.54, 1.807) is 24.0 Å². The Morgan fingerprint density at radius 1 is 1.42 bits per heavy atom. The maximum absolute atomic E-state index is 13.8. The highest BCUT2D eigenvalue weighted by Crippen LogP contribution is 2.29. The highest BCUT2D eigenvalue weighted by molar-refractivity contribution is 7.15. The first kappa shape index (κ1) is 16.4. The number of hydrogen-bond donors (Lipinski definition) is 1. The second-order valence-electron chi connectivity index (χ2n) is 5.19. The monoisotopic (exact) mass is 349 g/mol. The van der Waals surface area contributed by atoms with E-state index in [9.17, 15) is 14.0 Å². The van der Waals surface area contributed by atoms with E-state index in [1.165, 1.54) is 23.5 Å². The summed E-state index contributed by atoms with van der Waals surface area (Å²) in [6.45, 7) is 2.81. The third-order valence-electron chi connectivity index (χ3n) is 3.61. The van der Waals surface area contributed by atoms with Crippen molar-refractivity contribution in [2.45, 2.75) is 19.9 Å². The van der Waals surface area contributed by atoms with Gasteiger partial charge in [0.2, 0.25) is 0 Å². The predicted octanol–water partition coefficient (Wildman–Crippen LogP) is 3.05. The lowest BCUT2D eigenvalue weighted by molar-refractivity contribution is 0.0731. The molecule has 2 heterocycles. The van der Waals surface area contributed by atoms with Crippen molar-refractivity contribution in [2.24, 2.45) is 0 Å². The summed E-state index contributed by atoms with van der Waals surface area (Å²) in [5, 5.41) is 3.01. The summed E-state index contributed by atoms with van der Waals surface area (Å²) in [6.07, 6.45) is 0.0131. The largest absolute Gasteiger partial charge is 0.450 e. The van der Waals surface area contributed by atoms with E-state index >= 15 is 0 Å². The maximum atomic E-state index is 13.8. The normalized spacial score (nSPS) is 13.3. The van der Waals surface area contributed by atoms with Gasteiger partial charge in [0.05, 0.1) is 24.4 Å². The Morgan fingerprint density at radius 3 is 2.96 bits per heavy atom. The van der Waals surface area contributed by atoms with E-state index in [4.69, 9.17) is 4.74 Å². The van der Waals surface area contributed by atoms with E-state index in [0.717, 1.165) is 10.6 Å². The van der Waals surface area contributed by atoms with Gasteiger partial charge in [0.1, 0.15) is 5.82 Å². The van der Waals surface area contributed by atoms with E-state index in [0.29, 0.717) is 24.6 Å². The highest BCUT2D eigenvalue weighted by Gasteiger charge is 2.26. The van der Waals surface area contributed by atoms with Crippen LogP contribution < -0.4 is 5.32 Å². The summed E-state index contributed by atoms with van der Waals surface area (Å²) in [5.41, 5.74) is 0.916. The molecule has 0 spiro atoms. The number of thiazole rings is 1. The maximum Gasteiger partial charge on any atom is 0.413 e. The van der Waals surface area contributed by atoms with Crippen molar-refractivity contribution in [3.05, 3.63) is 46.2 Å². The first-order valence-electron chi connectivity index (χ1n) is 7.54. The number of aromatic nitrogens is 1. The Balaban J connectivity index is 1.73. The molecule has 2 aromatic rings. The van der Waals surface area contributed by atoms with E-state index in [2.05, 4.69) is 10.3 Å². The second-order valence-corrected chi connectivity index (χ2v) is 6.27. The fourth-order valence-corrected chi connectivity index (χ4v) is 3.49. The molecule has 2 amide bonds. The minimum absolute atomic E-state index is 0.0651. The molecule has 0 atom stereocenters. The van der Waals surface area contributed by atoms with Crippen molar-refractivity contribution in [3.63, 3.8) is 0 Å². The number of anilines is 1. The third-order valence-corrected chi connectivity index (χ3v) is 4.60. The summed E-state index contributed by atoms with van der Waals surface area (Å²) in [5.74, 6) is -0.866. The summed E-state index contributed by atoms with van der Waals surface area (Å²) in [7, 11) is 0. The quantitative estimate of drug-likeness (QED) is 0.924. The number of ether oxygens (including phenoxy) is 1. The molecular weight excluding hydrogens is 333 g/mol. The topological polar surface area (TPSA) is 71.5 Å². The molecule has 24 heavy (non-hydrogen) atoms. The molecule has 1 aromatic carbocycles. The zero-order valence-electron chi connectivity index (χ0n) is 13.0. The molecule has 6 nitrogen and oxygen atoms in total. The number of nitrogens with zero attached hydrogens (tertiary/aromatic N) is 2. The number of amides is 2. The van der Waals surface area contributed by atoms with Gasteiger partial charge in [-0.2, -0.15) is 0 Å². The van der Waals surface area contributed by atoms with Gasteiger partial charge in [-0.15, -0.1) is 0 Å². The predicted molar refractivity (Wildman–Crippen MR) is 87.6 cm³/mol. The van der Waals surface area contributed by atoms with Gasteiger partial charge in [0.15, 0.2) is 5.13 Å². The third kappa shape index (κ3) is 3.38. The molecule has 0 radical (unpaired) electrons. The van der Waals surface area contributed by atoms with Gasteiger partial charge in [-0.1, -0.05) is 23.5 Å². The first-order chi connectivity index (χ1) is 11.6. The number of rotatable bonds is 3. The summed E-state index contributed by atoms with van der Waals surface area (Å²) in [4.78, 5) is 30.8. The van der Waals surface area contributed by atoms with Crippen LogP contribution in [0.2, 0.25) is 0 Å². The molecule has 1 N–H and O–H groups in total. The average Bonchev–Trinajstić information content (AvgIpc) is 2.96. The number of carbonyl (C=O) groups excluding carboxylic acids is 2. The molecule has 126 valence electrons. The Morgan fingerprint density at radius 2 is 2.21 bits per heavy atom. The lowest BCUT2D eigenvalue weighted by Gasteiger charge is -2.26.